The molecule has 0 aromatic carbocycles. The summed E-state index contributed by atoms with van der Waals surface area (Å²) >= 11 is 0. The first-order valence-electron chi connectivity index (χ1n) is 5.49. The van der Waals surface area contributed by atoms with Crippen LogP contribution in [0.15, 0.2) is 66.0 Å². The standard InChI is InChI=1S/C16H21O.Y/c1-7-13(3)9-10-14(4)16(8-2)12-11-15(5)17-6;/h7-8,10-12H,1-2H2,3-6H3;/q-1;/b14-10+,15-11+,16-12+;. The van der Waals surface area contributed by atoms with Gasteiger partial charge in [-0.1, -0.05) is 38.2 Å². The predicted molar refractivity (Wildman–Crippen MR) is 75.4 cm³/mol. The summed E-state index contributed by atoms with van der Waals surface area (Å²) in [5.74, 6) is 0.860. The third-order valence-corrected chi connectivity index (χ3v) is 2.32. The summed E-state index contributed by atoms with van der Waals surface area (Å²) < 4.78 is 5.07. The molecule has 2 heteroatoms. The van der Waals surface area contributed by atoms with E-state index in [0.717, 1.165) is 22.5 Å². The smallest absolute Gasteiger partial charge is 0.0924 e. The van der Waals surface area contributed by atoms with E-state index in [-0.39, 0.29) is 32.7 Å². The van der Waals surface area contributed by atoms with Crippen molar-refractivity contribution in [3.05, 3.63) is 72.1 Å². The minimum atomic E-state index is 0. The summed E-state index contributed by atoms with van der Waals surface area (Å²) in [4.78, 5) is 0. The maximum absolute atomic E-state index is 5.07. The Balaban J connectivity index is 0. The number of methoxy groups -OCH3 is 1. The summed E-state index contributed by atoms with van der Waals surface area (Å²) in [6.45, 7) is 13.4. The van der Waals surface area contributed by atoms with Crippen molar-refractivity contribution < 1.29 is 37.4 Å². The average molecular weight is 318 g/mol. The van der Waals surface area contributed by atoms with Gasteiger partial charge in [-0.05, 0) is 13.0 Å². The molecule has 0 unspecified atom stereocenters. The van der Waals surface area contributed by atoms with Gasteiger partial charge in [-0.2, -0.15) is 30.4 Å². The van der Waals surface area contributed by atoms with Crippen molar-refractivity contribution >= 4 is 0 Å². The second kappa shape index (κ2) is 11.4. The maximum atomic E-state index is 5.07. The molecule has 0 bridgehead atoms. The molecular weight excluding hydrogens is 297 g/mol. The molecule has 1 nitrogen and oxygen atoms in total. The van der Waals surface area contributed by atoms with Crippen LogP contribution >= 0.6 is 0 Å². The third-order valence-electron chi connectivity index (χ3n) is 2.32. The van der Waals surface area contributed by atoms with E-state index in [1.807, 2.05) is 45.1 Å². The zero-order valence-corrected chi connectivity index (χ0v) is 14.6. The van der Waals surface area contributed by atoms with Crippen LogP contribution in [0.25, 0.3) is 0 Å². The van der Waals surface area contributed by atoms with Crippen LogP contribution in [0.4, 0.5) is 0 Å². The zero-order valence-electron chi connectivity index (χ0n) is 11.8. The van der Waals surface area contributed by atoms with Crippen LogP contribution in [0, 0.1) is 6.08 Å². The third kappa shape index (κ3) is 8.44. The first-order valence-corrected chi connectivity index (χ1v) is 5.49. The summed E-state index contributed by atoms with van der Waals surface area (Å²) in [7, 11) is 1.65. The van der Waals surface area contributed by atoms with Crippen LogP contribution < -0.4 is 0 Å². The molecule has 0 spiro atoms. The van der Waals surface area contributed by atoms with E-state index in [1.54, 1.807) is 13.2 Å². The van der Waals surface area contributed by atoms with Crippen LogP contribution in [0.5, 0.6) is 0 Å². The van der Waals surface area contributed by atoms with Gasteiger partial charge in [-0.15, -0.1) is 5.57 Å². The molecular formula is C16H21OY-. The minimum absolute atomic E-state index is 0. The topological polar surface area (TPSA) is 9.23 Å². The van der Waals surface area contributed by atoms with Crippen molar-refractivity contribution in [1.29, 1.82) is 0 Å². The van der Waals surface area contributed by atoms with Gasteiger partial charge in [0.05, 0.1) is 12.9 Å². The van der Waals surface area contributed by atoms with Crippen LogP contribution in [0.2, 0.25) is 0 Å². The molecule has 18 heavy (non-hydrogen) atoms. The van der Waals surface area contributed by atoms with Gasteiger partial charge in [0.25, 0.3) is 0 Å². The molecule has 0 heterocycles. The Morgan fingerprint density at radius 3 is 2.11 bits per heavy atom. The van der Waals surface area contributed by atoms with Crippen molar-refractivity contribution in [3.8, 4) is 0 Å². The molecule has 0 aliphatic carbocycles. The SMILES string of the molecule is C=CC(C)=[C-]/C=C(C)/C(C=C)=C/C=C(\C)OC.[Y]. The first kappa shape index (κ1) is 19.7. The van der Waals surface area contributed by atoms with E-state index in [4.69, 9.17) is 4.74 Å². The molecule has 95 valence electrons. The molecule has 0 amide bonds. The van der Waals surface area contributed by atoms with E-state index in [2.05, 4.69) is 19.2 Å². The number of hydrogen-bond donors (Lipinski definition) is 0. The normalized spacial score (nSPS) is 13.8. The Bertz CT molecular complexity index is 395. The molecule has 0 N–H and O–H groups in total. The molecule has 0 aromatic heterocycles. The van der Waals surface area contributed by atoms with Crippen molar-refractivity contribution in [2.24, 2.45) is 0 Å². The molecule has 0 rings (SSSR count). The Morgan fingerprint density at radius 2 is 1.67 bits per heavy atom. The first-order chi connectivity index (χ1) is 8.04. The van der Waals surface area contributed by atoms with E-state index in [0.29, 0.717) is 0 Å². The monoisotopic (exact) mass is 318 g/mol. The molecule has 0 fully saturated rings. The van der Waals surface area contributed by atoms with E-state index in [1.165, 1.54) is 0 Å². The molecule has 0 saturated heterocycles. The Labute approximate surface area is 137 Å². The van der Waals surface area contributed by atoms with E-state index in [9.17, 15) is 0 Å². The molecule has 1 radical (unpaired) electrons. The van der Waals surface area contributed by atoms with Gasteiger partial charge in [0.2, 0.25) is 0 Å². The molecule has 0 aliphatic rings. The van der Waals surface area contributed by atoms with Gasteiger partial charge in [-0.25, -0.2) is 0 Å². The summed E-state index contributed by atoms with van der Waals surface area (Å²) in [5, 5.41) is 0. The fourth-order valence-corrected chi connectivity index (χ4v) is 1.000. The second-order valence-corrected chi connectivity index (χ2v) is 3.67. The Morgan fingerprint density at radius 1 is 1.06 bits per heavy atom. The molecule has 0 aromatic rings. The number of hydrogen-bond acceptors (Lipinski definition) is 1. The molecule has 0 aliphatic heterocycles. The van der Waals surface area contributed by atoms with Crippen molar-refractivity contribution in [3.63, 3.8) is 0 Å². The largest absolute Gasteiger partial charge is 0.501 e. The van der Waals surface area contributed by atoms with Crippen LogP contribution in [0.1, 0.15) is 20.8 Å². The summed E-state index contributed by atoms with van der Waals surface area (Å²) in [6.07, 6.45) is 12.6. The predicted octanol–water partition coefficient (Wildman–Crippen LogP) is 4.53. The van der Waals surface area contributed by atoms with Crippen LogP contribution in [0.3, 0.4) is 0 Å². The zero-order chi connectivity index (χ0) is 13.3. The van der Waals surface area contributed by atoms with E-state index < -0.39 is 0 Å². The number of ether oxygens (including phenoxy) is 1. The average Bonchev–Trinajstić information content (AvgIpc) is 2.35. The van der Waals surface area contributed by atoms with Gasteiger partial charge < -0.3 is 4.74 Å². The Kier molecular flexibility index (Phi) is 12.5. The maximum Gasteiger partial charge on any atom is 0.0924 e. The molecule has 0 atom stereocenters. The van der Waals surface area contributed by atoms with Gasteiger partial charge in [-0.3, -0.25) is 0 Å². The van der Waals surface area contributed by atoms with Gasteiger partial charge >= 0.3 is 0 Å². The van der Waals surface area contributed by atoms with Crippen LogP contribution in [-0.4, -0.2) is 7.11 Å². The van der Waals surface area contributed by atoms with Gasteiger partial charge in [0.15, 0.2) is 0 Å². The Hall–Kier alpha value is -0.656. The fraction of sp³-hybridized carbons (Fsp3) is 0.250. The quantitative estimate of drug-likeness (QED) is 0.397. The second-order valence-electron chi connectivity index (χ2n) is 3.67. The van der Waals surface area contributed by atoms with Crippen molar-refractivity contribution in [2.45, 2.75) is 20.8 Å². The summed E-state index contributed by atoms with van der Waals surface area (Å²) in [5.41, 5.74) is 3.16. The van der Waals surface area contributed by atoms with Crippen molar-refractivity contribution in [2.75, 3.05) is 7.11 Å². The van der Waals surface area contributed by atoms with Gasteiger partial charge in [0.1, 0.15) is 0 Å². The minimum Gasteiger partial charge on any atom is -0.501 e. The number of rotatable bonds is 6. The fourth-order valence-electron chi connectivity index (χ4n) is 1.000. The van der Waals surface area contributed by atoms with E-state index >= 15 is 0 Å². The van der Waals surface area contributed by atoms with Crippen molar-refractivity contribution in [1.82, 2.24) is 0 Å². The summed E-state index contributed by atoms with van der Waals surface area (Å²) in [6, 6.07) is 0. The van der Waals surface area contributed by atoms with Gasteiger partial charge in [0, 0.05) is 32.7 Å². The van der Waals surface area contributed by atoms with Crippen LogP contribution in [-0.2, 0) is 37.4 Å². The molecule has 0 saturated carbocycles. The number of allylic oxidation sites excluding steroid dienone is 10.